The second-order valence-corrected chi connectivity index (χ2v) is 9.90. The van der Waals surface area contributed by atoms with Crippen molar-refractivity contribution in [1.82, 2.24) is 4.98 Å². The number of benzene rings is 5. The van der Waals surface area contributed by atoms with Crippen LogP contribution in [0.25, 0.3) is 33.5 Å². The van der Waals surface area contributed by atoms with Crippen molar-refractivity contribution in [3.8, 4) is 33.5 Å². The smallest absolute Gasteiger partial charge is 0.0702 e. The van der Waals surface area contributed by atoms with Crippen LogP contribution in [0.5, 0.6) is 0 Å². The maximum atomic E-state index is 4.54. The van der Waals surface area contributed by atoms with Gasteiger partial charge in [0.15, 0.2) is 0 Å². The van der Waals surface area contributed by atoms with Gasteiger partial charge in [0.1, 0.15) is 0 Å². The van der Waals surface area contributed by atoms with E-state index in [-0.39, 0.29) is 0 Å². The van der Waals surface area contributed by atoms with E-state index in [2.05, 4.69) is 162 Å². The summed E-state index contributed by atoms with van der Waals surface area (Å²) in [6.45, 7) is 0. The lowest BCUT2D eigenvalue weighted by Gasteiger charge is -2.25. The van der Waals surface area contributed by atoms with Crippen molar-refractivity contribution in [3.63, 3.8) is 0 Å². The summed E-state index contributed by atoms with van der Waals surface area (Å²) in [5, 5.41) is 0. The lowest BCUT2D eigenvalue weighted by molar-refractivity contribution is 1.18. The maximum Gasteiger partial charge on any atom is 0.0702 e. The molecule has 0 aliphatic carbocycles. The van der Waals surface area contributed by atoms with Crippen molar-refractivity contribution in [1.29, 1.82) is 0 Å². The summed E-state index contributed by atoms with van der Waals surface area (Å²) in [5.74, 6) is 0. The van der Waals surface area contributed by atoms with Crippen molar-refractivity contribution in [2.45, 2.75) is 0 Å². The van der Waals surface area contributed by atoms with E-state index in [1.807, 2.05) is 18.3 Å². The minimum Gasteiger partial charge on any atom is -0.345 e. The summed E-state index contributed by atoms with van der Waals surface area (Å²) in [6, 6.07) is 51.2. The Labute approximate surface area is 236 Å². The SMILES string of the molecule is CN(c1ccccc1)c1cc(-c2cccc(-c3cccc(-c4ccccn4)c3)c2)cc(N(C)c2ccccc2)c1. The summed E-state index contributed by atoms with van der Waals surface area (Å²) in [7, 11) is 4.25. The molecule has 0 radical (unpaired) electrons. The molecule has 0 bridgehead atoms. The van der Waals surface area contributed by atoms with Crippen LogP contribution in [0, 0.1) is 0 Å². The van der Waals surface area contributed by atoms with Gasteiger partial charge in [-0.05, 0) is 89.0 Å². The molecule has 3 nitrogen and oxygen atoms in total. The lowest BCUT2D eigenvalue weighted by Crippen LogP contribution is -2.13. The van der Waals surface area contributed by atoms with Gasteiger partial charge in [-0.3, -0.25) is 4.98 Å². The fourth-order valence-corrected chi connectivity index (χ4v) is 5.02. The molecule has 0 saturated heterocycles. The number of rotatable bonds is 7. The monoisotopic (exact) mass is 517 g/mol. The van der Waals surface area contributed by atoms with Crippen LogP contribution in [0.2, 0.25) is 0 Å². The van der Waals surface area contributed by atoms with Crippen LogP contribution in [0.3, 0.4) is 0 Å². The van der Waals surface area contributed by atoms with Crippen LogP contribution in [-0.4, -0.2) is 19.1 Å². The van der Waals surface area contributed by atoms with Gasteiger partial charge in [0.2, 0.25) is 0 Å². The molecule has 0 aliphatic rings. The highest BCUT2D eigenvalue weighted by Gasteiger charge is 2.13. The molecule has 0 spiro atoms. The first-order valence-corrected chi connectivity index (χ1v) is 13.5. The highest BCUT2D eigenvalue weighted by atomic mass is 15.1. The Morgan fingerprint density at radius 1 is 0.375 bits per heavy atom. The minimum atomic E-state index is 0.978. The number of anilines is 4. The van der Waals surface area contributed by atoms with Gasteiger partial charge >= 0.3 is 0 Å². The van der Waals surface area contributed by atoms with Gasteiger partial charge in [0.05, 0.1) is 5.69 Å². The van der Waals surface area contributed by atoms with Crippen LogP contribution in [0.1, 0.15) is 0 Å². The normalized spacial score (nSPS) is 10.8. The molecule has 0 atom stereocenters. The van der Waals surface area contributed by atoms with E-state index in [9.17, 15) is 0 Å². The van der Waals surface area contributed by atoms with Crippen molar-refractivity contribution in [3.05, 3.63) is 152 Å². The first kappa shape index (κ1) is 25.1. The van der Waals surface area contributed by atoms with Crippen molar-refractivity contribution < 1.29 is 0 Å². The summed E-state index contributed by atoms with van der Waals surface area (Å²) in [6.07, 6.45) is 1.84. The molecule has 0 saturated carbocycles. The van der Waals surface area contributed by atoms with E-state index < -0.39 is 0 Å². The van der Waals surface area contributed by atoms with E-state index in [4.69, 9.17) is 0 Å². The largest absolute Gasteiger partial charge is 0.345 e. The van der Waals surface area contributed by atoms with E-state index in [1.54, 1.807) is 0 Å². The van der Waals surface area contributed by atoms with Crippen molar-refractivity contribution in [2.75, 3.05) is 23.9 Å². The van der Waals surface area contributed by atoms with Gasteiger partial charge < -0.3 is 9.80 Å². The van der Waals surface area contributed by atoms with Gasteiger partial charge in [0, 0.05) is 48.6 Å². The Kier molecular flexibility index (Phi) is 7.11. The maximum absolute atomic E-state index is 4.54. The molecule has 0 fully saturated rings. The molecule has 194 valence electrons. The fraction of sp³-hybridized carbons (Fsp3) is 0.0541. The number of nitrogens with zero attached hydrogens (tertiary/aromatic N) is 3. The van der Waals surface area contributed by atoms with Crippen molar-refractivity contribution >= 4 is 22.7 Å². The van der Waals surface area contributed by atoms with Crippen LogP contribution in [0.15, 0.2) is 152 Å². The molecule has 0 N–H and O–H groups in total. The van der Waals surface area contributed by atoms with Crippen molar-refractivity contribution in [2.24, 2.45) is 0 Å². The molecule has 0 amide bonds. The third kappa shape index (κ3) is 5.36. The van der Waals surface area contributed by atoms with Gasteiger partial charge in [0.25, 0.3) is 0 Å². The third-order valence-electron chi connectivity index (χ3n) is 7.32. The molecular formula is C37H31N3. The topological polar surface area (TPSA) is 19.4 Å². The summed E-state index contributed by atoms with van der Waals surface area (Å²) in [5.41, 5.74) is 11.3. The highest BCUT2D eigenvalue weighted by molar-refractivity contribution is 5.82. The zero-order chi connectivity index (χ0) is 27.3. The van der Waals surface area contributed by atoms with E-state index in [1.165, 1.54) is 22.3 Å². The molecule has 3 heteroatoms. The molecule has 0 unspecified atom stereocenters. The molecule has 0 aliphatic heterocycles. The second-order valence-electron chi connectivity index (χ2n) is 9.90. The third-order valence-corrected chi connectivity index (χ3v) is 7.32. The van der Waals surface area contributed by atoms with Crippen LogP contribution in [0.4, 0.5) is 22.7 Å². The quantitative estimate of drug-likeness (QED) is 0.210. The van der Waals surface area contributed by atoms with E-state index in [0.29, 0.717) is 0 Å². The van der Waals surface area contributed by atoms with Crippen LogP contribution < -0.4 is 9.80 Å². The molecule has 6 aromatic rings. The zero-order valence-corrected chi connectivity index (χ0v) is 22.8. The van der Waals surface area contributed by atoms with Gasteiger partial charge in [-0.15, -0.1) is 0 Å². The Hall–Kier alpha value is -5.15. The Bertz CT molecular complexity index is 1650. The van der Waals surface area contributed by atoms with Crippen LogP contribution >= 0.6 is 0 Å². The van der Waals surface area contributed by atoms with E-state index in [0.717, 1.165) is 34.0 Å². The molecule has 5 aromatic carbocycles. The Morgan fingerprint density at radius 3 is 1.38 bits per heavy atom. The van der Waals surface area contributed by atoms with E-state index >= 15 is 0 Å². The molecule has 1 heterocycles. The average Bonchev–Trinajstić information content (AvgIpc) is 3.05. The second kappa shape index (κ2) is 11.3. The first-order chi connectivity index (χ1) is 19.7. The predicted octanol–water partition coefficient (Wildman–Crippen LogP) is 9.62. The van der Waals surface area contributed by atoms with Gasteiger partial charge in [-0.25, -0.2) is 0 Å². The highest BCUT2D eigenvalue weighted by Crippen LogP contribution is 2.37. The summed E-state index contributed by atoms with van der Waals surface area (Å²) < 4.78 is 0. The molecule has 1 aromatic heterocycles. The number of hydrogen-bond donors (Lipinski definition) is 0. The number of pyridine rings is 1. The predicted molar refractivity (Wildman–Crippen MR) is 170 cm³/mol. The lowest BCUT2D eigenvalue weighted by atomic mass is 9.96. The number of para-hydroxylation sites is 2. The van der Waals surface area contributed by atoms with Gasteiger partial charge in [-0.1, -0.05) is 78.9 Å². The Morgan fingerprint density at radius 2 is 0.850 bits per heavy atom. The summed E-state index contributed by atoms with van der Waals surface area (Å²) in [4.78, 5) is 9.03. The summed E-state index contributed by atoms with van der Waals surface area (Å²) >= 11 is 0. The molecule has 40 heavy (non-hydrogen) atoms. The Balaban J connectivity index is 1.43. The standard InChI is InChI=1S/C37H31N3/c1-39(33-17-5-3-6-18-33)35-25-32(26-36(27-35)40(2)34-19-7-4-8-20-34)30-15-11-13-28(23-30)29-14-12-16-31(24-29)37-21-9-10-22-38-37/h3-27H,1-2H3. The van der Waals surface area contributed by atoms with Gasteiger partial charge in [-0.2, -0.15) is 0 Å². The minimum absolute atomic E-state index is 0.978. The first-order valence-electron chi connectivity index (χ1n) is 13.5. The fourth-order valence-electron chi connectivity index (χ4n) is 5.02. The van der Waals surface area contributed by atoms with Crippen LogP contribution in [-0.2, 0) is 0 Å². The average molecular weight is 518 g/mol. The molecule has 6 rings (SSSR count). The molecular weight excluding hydrogens is 486 g/mol. The number of aromatic nitrogens is 1. The zero-order valence-electron chi connectivity index (χ0n) is 22.8. The number of hydrogen-bond acceptors (Lipinski definition) is 3.